The monoisotopic (exact) mass is 449 g/mol. The van der Waals surface area contributed by atoms with Gasteiger partial charge in [0.2, 0.25) is 5.28 Å². The van der Waals surface area contributed by atoms with Gasteiger partial charge < -0.3 is 0 Å². The zero-order chi connectivity index (χ0) is 21.5. The topological polar surface area (TPSA) is 38.7 Å². The number of benzene rings is 4. The van der Waals surface area contributed by atoms with Crippen LogP contribution in [0.5, 0.6) is 0 Å². The molecular formula is C27H16ClN3S. The van der Waals surface area contributed by atoms with Crippen LogP contribution < -0.4 is 0 Å². The lowest BCUT2D eigenvalue weighted by molar-refractivity contribution is 1.07. The van der Waals surface area contributed by atoms with Gasteiger partial charge in [0.15, 0.2) is 11.6 Å². The Kier molecular flexibility index (Phi) is 4.67. The Morgan fingerprint density at radius 2 is 1.16 bits per heavy atom. The lowest BCUT2D eigenvalue weighted by Gasteiger charge is -2.07. The third-order valence-corrected chi connectivity index (χ3v) is 6.79. The zero-order valence-corrected chi connectivity index (χ0v) is 18.4. The Labute approximate surface area is 194 Å². The van der Waals surface area contributed by atoms with Crippen LogP contribution in [0.25, 0.3) is 54.1 Å². The molecule has 0 saturated heterocycles. The summed E-state index contributed by atoms with van der Waals surface area (Å²) in [5, 5.41) is 2.63. The minimum atomic E-state index is 0.186. The van der Waals surface area contributed by atoms with Crippen molar-refractivity contribution in [2.45, 2.75) is 0 Å². The molecule has 0 radical (unpaired) electrons. The molecule has 0 spiro atoms. The Bertz CT molecular complexity index is 1590. The van der Waals surface area contributed by atoms with Crippen LogP contribution >= 0.6 is 22.9 Å². The summed E-state index contributed by atoms with van der Waals surface area (Å²) in [5.74, 6) is 1.13. The molecule has 0 aliphatic rings. The van der Waals surface area contributed by atoms with Crippen molar-refractivity contribution in [3.8, 4) is 33.9 Å². The van der Waals surface area contributed by atoms with E-state index in [1.165, 1.54) is 20.2 Å². The van der Waals surface area contributed by atoms with E-state index < -0.39 is 0 Å². The first-order valence-corrected chi connectivity index (χ1v) is 11.4. The number of halogens is 1. The molecule has 0 unspecified atom stereocenters. The minimum Gasteiger partial charge on any atom is -0.208 e. The van der Waals surface area contributed by atoms with Crippen LogP contribution in [0.3, 0.4) is 0 Å². The summed E-state index contributed by atoms with van der Waals surface area (Å²) in [7, 11) is 0. The summed E-state index contributed by atoms with van der Waals surface area (Å²) in [6, 6.07) is 33.2. The second-order valence-electron chi connectivity index (χ2n) is 7.51. The van der Waals surface area contributed by atoms with Crippen LogP contribution in [0.15, 0.2) is 97.1 Å². The number of aromatic nitrogens is 3. The van der Waals surface area contributed by atoms with E-state index in [1.54, 1.807) is 11.3 Å². The highest BCUT2D eigenvalue weighted by molar-refractivity contribution is 7.25. The summed E-state index contributed by atoms with van der Waals surface area (Å²) in [6.07, 6.45) is 0. The van der Waals surface area contributed by atoms with E-state index in [0.717, 1.165) is 22.3 Å². The molecule has 0 N–H and O–H groups in total. The van der Waals surface area contributed by atoms with E-state index in [-0.39, 0.29) is 5.28 Å². The Morgan fingerprint density at radius 3 is 2.00 bits per heavy atom. The summed E-state index contributed by atoms with van der Waals surface area (Å²) >= 11 is 8.13. The predicted molar refractivity (Wildman–Crippen MR) is 134 cm³/mol. The molecule has 152 valence electrons. The van der Waals surface area contributed by atoms with Crippen LogP contribution in [0.2, 0.25) is 5.28 Å². The van der Waals surface area contributed by atoms with Gasteiger partial charge in [-0.3, -0.25) is 0 Å². The zero-order valence-electron chi connectivity index (χ0n) is 16.9. The molecule has 3 nitrogen and oxygen atoms in total. The summed E-state index contributed by atoms with van der Waals surface area (Å²) < 4.78 is 2.51. The molecule has 6 aromatic rings. The summed E-state index contributed by atoms with van der Waals surface area (Å²) in [4.78, 5) is 13.6. The van der Waals surface area contributed by atoms with Gasteiger partial charge in [0.05, 0.1) is 0 Å². The van der Waals surface area contributed by atoms with E-state index in [9.17, 15) is 0 Å². The van der Waals surface area contributed by atoms with Gasteiger partial charge in [-0.15, -0.1) is 11.3 Å². The van der Waals surface area contributed by atoms with Crippen LogP contribution in [0, 0.1) is 0 Å². The van der Waals surface area contributed by atoms with Crippen molar-refractivity contribution in [1.29, 1.82) is 0 Å². The third kappa shape index (κ3) is 3.44. The Balaban J connectivity index is 1.46. The van der Waals surface area contributed by atoms with Crippen molar-refractivity contribution in [2.24, 2.45) is 0 Å². The number of thiophene rings is 1. The number of hydrogen-bond donors (Lipinski definition) is 0. The molecule has 4 aromatic carbocycles. The van der Waals surface area contributed by atoms with Gasteiger partial charge in [-0.1, -0.05) is 66.7 Å². The number of nitrogens with zero attached hydrogens (tertiary/aromatic N) is 3. The molecule has 0 aliphatic carbocycles. The highest BCUT2D eigenvalue weighted by Crippen LogP contribution is 2.36. The van der Waals surface area contributed by atoms with Crippen molar-refractivity contribution in [2.75, 3.05) is 0 Å². The summed E-state index contributed by atoms with van der Waals surface area (Å²) in [5.41, 5.74) is 4.07. The fraction of sp³-hybridized carbons (Fsp3) is 0. The van der Waals surface area contributed by atoms with E-state index in [4.69, 9.17) is 16.6 Å². The van der Waals surface area contributed by atoms with Gasteiger partial charge in [0.1, 0.15) is 0 Å². The molecule has 0 aliphatic heterocycles. The first kappa shape index (κ1) is 19.1. The van der Waals surface area contributed by atoms with Gasteiger partial charge in [0.25, 0.3) is 0 Å². The summed E-state index contributed by atoms with van der Waals surface area (Å²) in [6.45, 7) is 0. The lowest BCUT2D eigenvalue weighted by Crippen LogP contribution is -1.97. The van der Waals surface area contributed by atoms with Gasteiger partial charge in [-0.05, 0) is 53.1 Å². The molecule has 0 fully saturated rings. The molecule has 0 bridgehead atoms. The lowest BCUT2D eigenvalue weighted by atomic mass is 10.0. The maximum absolute atomic E-state index is 6.34. The van der Waals surface area contributed by atoms with E-state index >= 15 is 0 Å². The van der Waals surface area contributed by atoms with Crippen LogP contribution in [0.1, 0.15) is 0 Å². The molecule has 6 rings (SSSR count). The number of hydrogen-bond acceptors (Lipinski definition) is 4. The number of fused-ring (bicyclic) bond motifs is 3. The van der Waals surface area contributed by atoms with Gasteiger partial charge >= 0.3 is 0 Å². The second-order valence-corrected chi connectivity index (χ2v) is 8.93. The van der Waals surface area contributed by atoms with Crippen molar-refractivity contribution in [1.82, 2.24) is 15.0 Å². The van der Waals surface area contributed by atoms with Crippen LogP contribution in [-0.4, -0.2) is 15.0 Å². The minimum absolute atomic E-state index is 0.186. The molecule has 0 atom stereocenters. The average Bonchev–Trinajstić information content (AvgIpc) is 3.22. The van der Waals surface area contributed by atoms with Crippen molar-refractivity contribution in [3.63, 3.8) is 0 Å². The van der Waals surface area contributed by atoms with Crippen molar-refractivity contribution < 1.29 is 0 Å². The maximum atomic E-state index is 6.34. The molecule has 5 heteroatoms. The normalized spacial score (nSPS) is 11.3. The van der Waals surface area contributed by atoms with Gasteiger partial charge in [-0.2, -0.15) is 9.97 Å². The van der Waals surface area contributed by atoms with Gasteiger partial charge in [0, 0.05) is 31.3 Å². The molecule has 32 heavy (non-hydrogen) atoms. The SMILES string of the molecule is Clc1nc(-c2cccc(-c3ccccc3)c2)nc(-c2ccc3sc4ccccc4c3c2)n1. The molecule has 0 saturated carbocycles. The average molecular weight is 450 g/mol. The third-order valence-electron chi connectivity index (χ3n) is 5.47. The second kappa shape index (κ2) is 7.83. The number of rotatable bonds is 3. The van der Waals surface area contributed by atoms with Gasteiger partial charge in [-0.25, -0.2) is 4.98 Å². The quantitative estimate of drug-likeness (QED) is 0.275. The molecule has 2 aromatic heterocycles. The van der Waals surface area contributed by atoms with Crippen LogP contribution in [-0.2, 0) is 0 Å². The van der Waals surface area contributed by atoms with Crippen molar-refractivity contribution >= 4 is 43.1 Å². The maximum Gasteiger partial charge on any atom is 0.226 e. The highest BCUT2D eigenvalue weighted by Gasteiger charge is 2.12. The van der Waals surface area contributed by atoms with E-state index in [1.807, 2.05) is 36.4 Å². The largest absolute Gasteiger partial charge is 0.226 e. The predicted octanol–water partition coefficient (Wildman–Crippen LogP) is 7.89. The Morgan fingerprint density at radius 1 is 0.500 bits per heavy atom. The van der Waals surface area contributed by atoms with Crippen LogP contribution in [0.4, 0.5) is 0 Å². The highest BCUT2D eigenvalue weighted by atomic mass is 35.5. The standard InChI is InChI=1S/C27H16ClN3S/c28-27-30-25(19-10-6-9-18(15-19)17-7-2-1-3-8-17)29-26(31-27)20-13-14-24-22(16-20)21-11-4-5-12-23(21)32-24/h1-16H. The first-order chi connectivity index (χ1) is 15.7. The smallest absolute Gasteiger partial charge is 0.208 e. The molecule has 0 amide bonds. The Hall–Kier alpha value is -3.60. The fourth-order valence-electron chi connectivity index (χ4n) is 3.94. The molecule has 2 heterocycles. The molecular weight excluding hydrogens is 434 g/mol. The van der Waals surface area contributed by atoms with Crippen molar-refractivity contribution in [3.05, 3.63) is 102 Å². The first-order valence-electron chi connectivity index (χ1n) is 10.2. The van der Waals surface area contributed by atoms with E-state index in [2.05, 4.69) is 70.6 Å². The fourth-order valence-corrected chi connectivity index (χ4v) is 5.19. The van der Waals surface area contributed by atoms with E-state index in [0.29, 0.717) is 11.6 Å².